The molecule has 0 amide bonds. The van der Waals surface area contributed by atoms with Gasteiger partial charge in [0.15, 0.2) is 5.96 Å². The molecule has 0 saturated heterocycles. The van der Waals surface area contributed by atoms with Crippen LogP contribution in [-0.4, -0.2) is 33.8 Å². The van der Waals surface area contributed by atoms with Crippen molar-refractivity contribution in [1.82, 2.24) is 20.1 Å². The molecule has 0 spiro atoms. The Labute approximate surface area is 170 Å². The van der Waals surface area contributed by atoms with Gasteiger partial charge in [-0.25, -0.2) is 4.68 Å². The molecule has 3 aromatic rings. The average Bonchev–Trinajstić information content (AvgIpc) is 3.18. The molecular weight excluding hydrogens is 439 g/mol. The number of pyridine rings is 1. The Morgan fingerprint density at radius 1 is 1.04 bits per heavy atom. The van der Waals surface area contributed by atoms with Gasteiger partial charge in [0.05, 0.1) is 5.69 Å². The van der Waals surface area contributed by atoms with Gasteiger partial charge < -0.3 is 11.1 Å². The molecule has 26 heavy (non-hydrogen) atoms. The van der Waals surface area contributed by atoms with E-state index in [4.69, 9.17) is 5.73 Å². The van der Waals surface area contributed by atoms with Crippen LogP contribution in [0.25, 0.3) is 5.69 Å². The van der Waals surface area contributed by atoms with E-state index in [2.05, 4.69) is 44.7 Å². The van der Waals surface area contributed by atoms with Gasteiger partial charge in [-0.3, -0.25) is 9.98 Å². The molecule has 0 aliphatic carbocycles. The minimum Gasteiger partial charge on any atom is -0.370 e. The van der Waals surface area contributed by atoms with Crippen LogP contribution in [0.1, 0.15) is 11.3 Å². The van der Waals surface area contributed by atoms with Crippen LogP contribution in [0.5, 0.6) is 0 Å². The number of nitrogens with two attached hydrogens (primary N) is 1. The van der Waals surface area contributed by atoms with Crippen molar-refractivity contribution in [3.63, 3.8) is 0 Å². The van der Waals surface area contributed by atoms with E-state index in [1.54, 1.807) is 12.4 Å². The van der Waals surface area contributed by atoms with Crippen LogP contribution in [0.2, 0.25) is 0 Å². The summed E-state index contributed by atoms with van der Waals surface area (Å²) < 4.78 is 1.84. The second-order valence-corrected chi connectivity index (χ2v) is 5.63. The zero-order valence-corrected chi connectivity index (χ0v) is 16.8. The molecule has 136 valence electrons. The quantitative estimate of drug-likeness (QED) is 0.321. The van der Waals surface area contributed by atoms with Gasteiger partial charge in [-0.15, -0.1) is 24.0 Å². The fraction of sp³-hybridized carbons (Fsp3) is 0.211. The SMILES string of the molecule is I.NC(=NCCc1ccccn1)NCCc1ccc(-n2cccn2)cc1. The highest BCUT2D eigenvalue weighted by molar-refractivity contribution is 14.0. The number of nitrogens with zero attached hydrogens (tertiary/aromatic N) is 4. The number of aromatic nitrogens is 3. The van der Waals surface area contributed by atoms with E-state index in [1.807, 2.05) is 35.1 Å². The van der Waals surface area contributed by atoms with Crippen molar-refractivity contribution in [3.05, 3.63) is 78.4 Å². The van der Waals surface area contributed by atoms with E-state index in [9.17, 15) is 0 Å². The van der Waals surface area contributed by atoms with Gasteiger partial charge in [-0.05, 0) is 42.3 Å². The van der Waals surface area contributed by atoms with Gasteiger partial charge in [0, 0.05) is 43.8 Å². The molecule has 6 nitrogen and oxygen atoms in total. The van der Waals surface area contributed by atoms with Crippen molar-refractivity contribution in [2.45, 2.75) is 12.8 Å². The predicted molar refractivity (Wildman–Crippen MR) is 115 cm³/mol. The average molecular weight is 462 g/mol. The minimum absolute atomic E-state index is 0. The minimum atomic E-state index is 0. The monoisotopic (exact) mass is 462 g/mol. The first-order chi connectivity index (χ1) is 12.3. The second kappa shape index (κ2) is 10.5. The number of guanidine groups is 1. The van der Waals surface area contributed by atoms with E-state index in [0.29, 0.717) is 12.5 Å². The highest BCUT2D eigenvalue weighted by Crippen LogP contribution is 2.08. The maximum absolute atomic E-state index is 5.90. The Morgan fingerprint density at radius 2 is 1.88 bits per heavy atom. The fourth-order valence-corrected chi connectivity index (χ4v) is 2.46. The number of aliphatic imine (C=N–C) groups is 1. The fourth-order valence-electron chi connectivity index (χ4n) is 2.46. The Morgan fingerprint density at radius 3 is 2.58 bits per heavy atom. The van der Waals surface area contributed by atoms with Gasteiger partial charge in [0.25, 0.3) is 0 Å². The van der Waals surface area contributed by atoms with Gasteiger partial charge in [0.1, 0.15) is 0 Å². The lowest BCUT2D eigenvalue weighted by Gasteiger charge is -2.07. The summed E-state index contributed by atoms with van der Waals surface area (Å²) in [6.45, 7) is 1.38. The standard InChI is InChI=1S/C19H22N6.HI/c20-19(23-14-10-17-4-1-2-11-21-17)22-13-9-16-5-7-18(8-6-16)25-15-3-12-24-25;/h1-8,11-12,15H,9-10,13-14H2,(H3,20,22,23);1H. The number of hydrogen-bond donors (Lipinski definition) is 2. The van der Waals surface area contributed by atoms with Crippen LogP contribution in [0.4, 0.5) is 0 Å². The maximum Gasteiger partial charge on any atom is 0.188 e. The van der Waals surface area contributed by atoms with E-state index >= 15 is 0 Å². The highest BCUT2D eigenvalue weighted by Gasteiger charge is 1.98. The summed E-state index contributed by atoms with van der Waals surface area (Å²) >= 11 is 0. The van der Waals surface area contributed by atoms with E-state index in [1.165, 1.54) is 5.56 Å². The summed E-state index contributed by atoms with van der Waals surface area (Å²) in [5, 5.41) is 7.37. The van der Waals surface area contributed by atoms with Gasteiger partial charge in [-0.1, -0.05) is 18.2 Å². The highest BCUT2D eigenvalue weighted by atomic mass is 127. The third-order valence-electron chi connectivity index (χ3n) is 3.80. The molecule has 0 bridgehead atoms. The molecular formula is C19H23IN6. The molecule has 2 aromatic heterocycles. The normalized spacial score (nSPS) is 11.0. The first-order valence-corrected chi connectivity index (χ1v) is 8.34. The van der Waals surface area contributed by atoms with Crippen molar-refractivity contribution in [2.24, 2.45) is 10.7 Å². The lowest BCUT2D eigenvalue weighted by Crippen LogP contribution is -2.33. The van der Waals surface area contributed by atoms with Gasteiger partial charge >= 0.3 is 0 Å². The Kier molecular flexibility index (Phi) is 8.07. The Hall–Kier alpha value is -2.42. The Balaban J connectivity index is 0.00000243. The Bertz CT molecular complexity index is 785. The number of benzene rings is 1. The molecule has 0 aliphatic rings. The van der Waals surface area contributed by atoms with Crippen LogP contribution in [0.3, 0.4) is 0 Å². The van der Waals surface area contributed by atoms with Crippen molar-refractivity contribution in [3.8, 4) is 5.69 Å². The van der Waals surface area contributed by atoms with Crippen molar-refractivity contribution in [1.29, 1.82) is 0 Å². The number of rotatable bonds is 7. The zero-order valence-electron chi connectivity index (χ0n) is 14.5. The molecule has 0 saturated carbocycles. The number of nitrogens with one attached hydrogen (secondary N) is 1. The zero-order chi connectivity index (χ0) is 17.3. The van der Waals surface area contributed by atoms with E-state index in [-0.39, 0.29) is 24.0 Å². The third kappa shape index (κ3) is 6.14. The summed E-state index contributed by atoms with van der Waals surface area (Å²) in [6, 6.07) is 16.1. The van der Waals surface area contributed by atoms with Crippen LogP contribution in [-0.2, 0) is 12.8 Å². The predicted octanol–water partition coefficient (Wildman–Crippen LogP) is 2.57. The van der Waals surface area contributed by atoms with Crippen molar-refractivity contribution < 1.29 is 0 Å². The first-order valence-electron chi connectivity index (χ1n) is 8.34. The molecule has 7 heteroatoms. The summed E-state index contributed by atoms with van der Waals surface area (Å²) in [7, 11) is 0. The van der Waals surface area contributed by atoms with Crippen LogP contribution in [0, 0.1) is 0 Å². The molecule has 0 atom stereocenters. The molecule has 3 N–H and O–H groups in total. The number of hydrogen-bond acceptors (Lipinski definition) is 3. The lowest BCUT2D eigenvalue weighted by atomic mass is 10.1. The van der Waals surface area contributed by atoms with Crippen LogP contribution >= 0.6 is 24.0 Å². The summed E-state index contributed by atoms with van der Waals surface area (Å²) in [5.74, 6) is 0.476. The maximum atomic E-state index is 5.90. The third-order valence-corrected chi connectivity index (χ3v) is 3.80. The summed E-state index contributed by atoms with van der Waals surface area (Å²) in [4.78, 5) is 8.60. The smallest absolute Gasteiger partial charge is 0.188 e. The second-order valence-electron chi connectivity index (χ2n) is 5.63. The first kappa shape index (κ1) is 19.9. The molecule has 0 radical (unpaired) electrons. The topological polar surface area (TPSA) is 81.1 Å². The molecule has 0 aliphatic heterocycles. The van der Waals surface area contributed by atoms with Crippen LogP contribution < -0.4 is 11.1 Å². The summed E-state index contributed by atoms with van der Waals surface area (Å²) in [5.41, 5.74) is 9.22. The molecule has 0 fully saturated rings. The molecule has 3 rings (SSSR count). The molecule has 2 heterocycles. The largest absolute Gasteiger partial charge is 0.370 e. The summed E-state index contributed by atoms with van der Waals surface area (Å²) in [6.07, 6.45) is 7.17. The van der Waals surface area contributed by atoms with Crippen molar-refractivity contribution in [2.75, 3.05) is 13.1 Å². The van der Waals surface area contributed by atoms with Crippen molar-refractivity contribution >= 4 is 29.9 Å². The van der Waals surface area contributed by atoms with Gasteiger partial charge in [0.2, 0.25) is 0 Å². The van der Waals surface area contributed by atoms with E-state index < -0.39 is 0 Å². The van der Waals surface area contributed by atoms with Crippen LogP contribution in [0.15, 0.2) is 72.1 Å². The molecule has 1 aromatic carbocycles. The number of halogens is 1. The van der Waals surface area contributed by atoms with Gasteiger partial charge in [-0.2, -0.15) is 5.10 Å². The van der Waals surface area contributed by atoms with E-state index in [0.717, 1.165) is 30.8 Å². The lowest BCUT2D eigenvalue weighted by molar-refractivity contribution is 0.837. The molecule has 0 unspecified atom stereocenters.